The van der Waals surface area contributed by atoms with Gasteiger partial charge in [0.2, 0.25) is 0 Å². The Balaban J connectivity index is 1.62. The zero-order valence-corrected chi connectivity index (χ0v) is 18.6. The quantitative estimate of drug-likeness (QED) is 0.413. The number of thiophene rings is 2. The molecule has 4 aromatic heterocycles. The molecule has 0 saturated heterocycles. The molecule has 7 nitrogen and oxygen atoms in total. The van der Waals surface area contributed by atoms with E-state index in [2.05, 4.69) is 27.5 Å². The van der Waals surface area contributed by atoms with Gasteiger partial charge >= 0.3 is 0 Å². The van der Waals surface area contributed by atoms with Crippen LogP contribution < -0.4 is 10.5 Å². The van der Waals surface area contributed by atoms with E-state index >= 15 is 0 Å². The summed E-state index contributed by atoms with van der Waals surface area (Å²) in [6.07, 6.45) is 0. The van der Waals surface area contributed by atoms with Crippen LogP contribution >= 0.6 is 22.7 Å². The van der Waals surface area contributed by atoms with E-state index in [1.54, 1.807) is 18.4 Å². The summed E-state index contributed by atoms with van der Waals surface area (Å²) in [4.78, 5) is 32.3. The smallest absolute Gasteiger partial charge is 0.268 e. The van der Waals surface area contributed by atoms with E-state index in [-0.39, 0.29) is 5.56 Å². The lowest BCUT2D eigenvalue weighted by Crippen LogP contribution is -2.23. The fourth-order valence-corrected chi connectivity index (χ4v) is 5.25. The van der Waals surface area contributed by atoms with Gasteiger partial charge in [-0.05, 0) is 17.0 Å². The monoisotopic (exact) mass is 449 g/mol. The molecule has 31 heavy (non-hydrogen) atoms. The largest absolute Gasteiger partial charge is 0.377 e. The van der Waals surface area contributed by atoms with Crippen LogP contribution in [-0.4, -0.2) is 34.1 Å². The number of nitrogens with zero attached hydrogens (tertiary/aromatic N) is 4. The van der Waals surface area contributed by atoms with E-state index in [1.165, 1.54) is 11.3 Å². The molecule has 0 aliphatic heterocycles. The Morgan fingerprint density at radius 3 is 2.74 bits per heavy atom. The lowest BCUT2D eigenvalue weighted by Gasteiger charge is -2.20. The van der Waals surface area contributed by atoms with Crippen molar-refractivity contribution in [2.45, 2.75) is 13.2 Å². The maximum atomic E-state index is 12.4. The Hall–Kier alpha value is -3.14. The van der Waals surface area contributed by atoms with Crippen LogP contribution in [-0.2, 0) is 17.9 Å². The van der Waals surface area contributed by atoms with Gasteiger partial charge in [-0.25, -0.2) is 15.0 Å². The number of methoxy groups -OCH3 is 1. The summed E-state index contributed by atoms with van der Waals surface area (Å²) in [6.45, 7) is 0.731. The van der Waals surface area contributed by atoms with Crippen LogP contribution in [0.5, 0.6) is 0 Å². The molecule has 9 heteroatoms. The third-order valence-electron chi connectivity index (χ3n) is 4.93. The fraction of sp³-hybridized carbons (Fsp3) is 0.182. The normalized spacial score (nSPS) is 11.4. The van der Waals surface area contributed by atoms with Crippen molar-refractivity contribution in [2.75, 3.05) is 19.1 Å². The van der Waals surface area contributed by atoms with Gasteiger partial charge in [-0.1, -0.05) is 30.3 Å². The predicted octanol–water partition coefficient (Wildman–Crippen LogP) is 4.44. The van der Waals surface area contributed by atoms with Crippen LogP contribution in [0.2, 0.25) is 0 Å². The molecule has 1 N–H and O–H groups in total. The second-order valence-electron chi connectivity index (χ2n) is 7.10. The number of H-pyrrole nitrogens is 1. The standard InChI is InChI=1S/C22H19N5O2S2/c1-27(10-16-23-15-8-9-30-19(15)21(28)25-16)20-18-14(13-6-4-3-5-7-13)12-31-22(18)26-17(24-20)11-29-2/h3-9,12H,10-11H2,1-2H3,(H,23,25,28). The average Bonchev–Trinajstić information content (AvgIpc) is 3.41. The molecule has 0 spiro atoms. The molecule has 0 atom stereocenters. The molecular formula is C22H19N5O2S2. The van der Waals surface area contributed by atoms with Crippen LogP contribution in [0.1, 0.15) is 11.6 Å². The molecule has 0 saturated carbocycles. The number of aromatic amines is 1. The third kappa shape index (κ3) is 3.71. The van der Waals surface area contributed by atoms with Crippen molar-refractivity contribution in [1.29, 1.82) is 0 Å². The first kappa shape index (κ1) is 19.8. The number of fused-ring (bicyclic) bond motifs is 2. The van der Waals surface area contributed by atoms with Crippen LogP contribution in [0.3, 0.4) is 0 Å². The minimum Gasteiger partial charge on any atom is -0.377 e. The summed E-state index contributed by atoms with van der Waals surface area (Å²) >= 11 is 2.98. The van der Waals surface area contributed by atoms with E-state index in [9.17, 15) is 4.79 Å². The Morgan fingerprint density at radius 1 is 1.10 bits per heavy atom. The fourth-order valence-electron chi connectivity index (χ4n) is 3.56. The molecule has 0 aliphatic rings. The zero-order chi connectivity index (χ0) is 21.4. The third-order valence-corrected chi connectivity index (χ3v) is 6.71. The van der Waals surface area contributed by atoms with Gasteiger partial charge in [-0.15, -0.1) is 22.7 Å². The highest BCUT2D eigenvalue weighted by atomic mass is 32.1. The number of ether oxygens (including phenoxy) is 1. The summed E-state index contributed by atoms with van der Waals surface area (Å²) in [5.41, 5.74) is 2.79. The summed E-state index contributed by atoms with van der Waals surface area (Å²) < 4.78 is 5.92. The average molecular weight is 450 g/mol. The SMILES string of the molecule is COCc1nc(N(C)Cc2nc3ccsc3c(=O)[nH]2)c2c(-c3ccccc3)csc2n1. The number of anilines is 1. The molecule has 5 rings (SSSR count). The van der Waals surface area contributed by atoms with E-state index < -0.39 is 0 Å². The molecule has 0 aliphatic carbocycles. The molecule has 4 heterocycles. The van der Waals surface area contributed by atoms with Crippen molar-refractivity contribution >= 4 is 48.9 Å². The highest BCUT2D eigenvalue weighted by Crippen LogP contribution is 2.38. The van der Waals surface area contributed by atoms with Gasteiger partial charge in [0, 0.05) is 25.1 Å². The first-order valence-corrected chi connectivity index (χ1v) is 11.4. The number of rotatable bonds is 6. The highest BCUT2D eigenvalue weighted by molar-refractivity contribution is 7.17. The maximum absolute atomic E-state index is 12.4. The van der Waals surface area contributed by atoms with E-state index in [4.69, 9.17) is 14.7 Å². The van der Waals surface area contributed by atoms with Gasteiger partial charge < -0.3 is 14.6 Å². The van der Waals surface area contributed by atoms with Crippen molar-refractivity contribution in [1.82, 2.24) is 19.9 Å². The van der Waals surface area contributed by atoms with Crippen molar-refractivity contribution in [3.8, 4) is 11.1 Å². The van der Waals surface area contributed by atoms with Crippen molar-refractivity contribution < 1.29 is 4.74 Å². The van der Waals surface area contributed by atoms with Gasteiger partial charge in [-0.2, -0.15) is 0 Å². The topological polar surface area (TPSA) is 84.0 Å². The summed E-state index contributed by atoms with van der Waals surface area (Å²) in [6, 6.07) is 12.1. The second-order valence-corrected chi connectivity index (χ2v) is 8.87. The molecular weight excluding hydrogens is 430 g/mol. The Kier molecular flexibility index (Phi) is 5.23. The van der Waals surface area contributed by atoms with Crippen molar-refractivity contribution in [3.63, 3.8) is 0 Å². The Labute approximate surface area is 186 Å². The van der Waals surface area contributed by atoms with Gasteiger partial charge in [0.1, 0.15) is 27.8 Å². The molecule has 0 fully saturated rings. The van der Waals surface area contributed by atoms with Crippen LogP contribution in [0, 0.1) is 0 Å². The van der Waals surface area contributed by atoms with E-state index in [0.717, 1.165) is 27.2 Å². The number of hydrogen-bond donors (Lipinski definition) is 1. The minimum absolute atomic E-state index is 0.114. The van der Waals surface area contributed by atoms with Crippen molar-refractivity contribution in [2.24, 2.45) is 0 Å². The minimum atomic E-state index is -0.114. The Morgan fingerprint density at radius 2 is 1.94 bits per heavy atom. The second kappa shape index (κ2) is 8.18. The van der Waals surface area contributed by atoms with Gasteiger partial charge in [0.15, 0.2) is 5.82 Å². The first-order valence-electron chi connectivity index (χ1n) is 9.64. The van der Waals surface area contributed by atoms with Crippen molar-refractivity contribution in [3.05, 3.63) is 69.2 Å². The summed E-state index contributed by atoms with van der Waals surface area (Å²) in [5, 5.41) is 4.97. The Bertz CT molecular complexity index is 1420. The predicted molar refractivity (Wildman–Crippen MR) is 126 cm³/mol. The molecule has 0 radical (unpaired) electrons. The number of hydrogen-bond acceptors (Lipinski definition) is 8. The molecule has 0 amide bonds. The van der Waals surface area contributed by atoms with E-state index in [1.807, 2.05) is 41.6 Å². The van der Waals surface area contributed by atoms with Gasteiger partial charge in [0.05, 0.1) is 17.4 Å². The number of nitrogens with one attached hydrogen (secondary N) is 1. The lowest BCUT2D eigenvalue weighted by molar-refractivity contribution is 0.178. The van der Waals surface area contributed by atoms with Crippen LogP contribution in [0.4, 0.5) is 5.82 Å². The molecule has 0 bridgehead atoms. The lowest BCUT2D eigenvalue weighted by atomic mass is 10.1. The highest BCUT2D eigenvalue weighted by Gasteiger charge is 2.19. The van der Waals surface area contributed by atoms with E-state index in [0.29, 0.717) is 35.0 Å². The molecule has 156 valence electrons. The zero-order valence-electron chi connectivity index (χ0n) is 17.0. The summed E-state index contributed by atoms with van der Waals surface area (Å²) in [5.74, 6) is 1.99. The molecule has 0 unspecified atom stereocenters. The summed E-state index contributed by atoms with van der Waals surface area (Å²) in [7, 11) is 3.58. The number of benzene rings is 1. The van der Waals surface area contributed by atoms with Gasteiger partial charge in [0.25, 0.3) is 5.56 Å². The molecule has 1 aromatic carbocycles. The van der Waals surface area contributed by atoms with Crippen LogP contribution in [0.25, 0.3) is 31.6 Å². The van der Waals surface area contributed by atoms with Gasteiger partial charge in [-0.3, -0.25) is 4.79 Å². The van der Waals surface area contributed by atoms with Crippen LogP contribution in [0.15, 0.2) is 52.0 Å². The maximum Gasteiger partial charge on any atom is 0.268 e. The molecule has 5 aromatic rings. The number of aromatic nitrogens is 4. The first-order chi connectivity index (χ1) is 15.1.